The molecule has 0 saturated carbocycles. The van der Waals surface area contributed by atoms with Crippen LogP contribution in [0.3, 0.4) is 0 Å². The molecule has 0 aromatic rings. The van der Waals surface area contributed by atoms with Crippen molar-refractivity contribution in [1.29, 1.82) is 10.8 Å². The molecule has 4 saturated heterocycles. The van der Waals surface area contributed by atoms with E-state index in [0.717, 1.165) is 90.0 Å². The number of guanidine groups is 3. The van der Waals surface area contributed by atoms with Crippen LogP contribution in [0.4, 0.5) is 0 Å². The fraction of sp³-hybridized carbons (Fsp3) is 0.918. The van der Waals surface area contributed by atoms with Crippen molar-refractivity contribution in [1.82, 2.24) is 36.0 Å². The van der Waals surface area contributed by atoms with Gasteiger partial charge >= 0.3 is 0 Å². The Morgan fingerprint density at radius 3 is 1.27 bits per heavy atom. The number of unbranched alkanes of at least 4 members (excludes halogenated alkanes) is 3. The predicted molar refractivity (Wildman–Crippen MR) is 264 cm³/mol. The van der Waals surface area contributed by atoms with Crippen molar-refractivity contribution in [2.24, 2.45) is 33.3 Å². The first-order chi connectivity index (χ1) is 28.0. The highest BCUT2D eigenvalue weighted by Gasteiger charge is 2.44. The van der Waals surface area contributed by atoms with Crippen molar-refractivity contribution in [3.05, 3.63) is 0 Å². The summed E-state index contributed by atoms with van der Waals surface area (Å²) in [6.07, 6.45) is 12.7. The first kappa shape index (κ1) is 52.1. The molecule has 4 rings (SSSR count). The molecule has 4 aliphatic rings. The Morgan fingerprint density at radius 1 is 0.500 bits per heavy atom. The summed E-state index contributed by atoms with van der Waals surface area (Å²) in [5.41, 5.74) is 13.5. The van der Waals surface area contributed by atoms with Crippen LogP contribution >= 0.6 is 0 Å². The smallest absolute Gasteiger partial charge is 0.221 e. The summed E-state index contributed by atoms with van der Waals surface area (Å²) >= 11 is 0. The second-order valence-corrected chi connectivity index (χ2v) is 25.8. The number of rotatable bonds is 12. The minimum absolute atomic E-state index is 0.0126. The van der Waals surface area contributed by atoms with Crippen molar-refractivity contribution >= 4 is 23.7 Å². The topological polar surface area (TPSA) is 182 Å². The molecule has 0 spiro atoms. The minimum atomic E-state index is -0.0553. The zero-order chi connectivity index (χ0) is 47.1. The van der Waals surface area contributed by atoms with Crippen molar-refractivity contribution < 1.29 is 0 Å². The van der Waals surface area contributed by atoms with Gasteiger partial charge in [0.2, 0.25) is 5.96 Å². The quantitative estimate of drug-likeness (QED) is 0.0553. The summed E-state index contributed by atoms with van der Waals surface area (Å²) in [5.74, 6) is 1.93. The second kappa shape index (κ2) is 18.8. The number of nitrogens with one attached hydrogen (secondary N) is 6. The van der Waals surface area contributed by atoms with Gasteiger partial charge in [0.1, 0.15) is 5.84 Å². The Bertz CT molecular complexity index is 1550. The maximum absolute atomic E-state index is 9.53. The Morgan fingerprint density at radius 2 is 0.855 bits per heavy atom. The molecule has 0 aromatic heterocycles. The van der Waals surface area contributed by atoms with Crippen molar-refractivity contribution in [3.63, 3.8) is 0 Å². The predicted octanol–water partition coefficient (Wildman–Crippen LogP) is 7.74. The van der Waals surface area contributed by atoms with Gasteiger partial charge in [0.25, 0.3) is 0 Å². The van der Waals surface area contributed by atoms with Gasteiger partial charge in [0, 0.05) is 89.0 Å². The highest BCUT2D eigenvalue weighted by atomic mass is 15.3. The van der Waals surface area contributed by atoms with E-state index in [1.54, 1.807) is 0 Å². The van der Waals surface area contributed by atoms with Gasteiger partial charge in [-0.05, 0) is 181 Å². The molecule has 4 aliphatic heterocycles. The molecule has 62 heavy (non-hydrogen) atoms. The van der Waals surface area contributed by atoms with E-state index in [0.29, 0.717) is 23.7 Å². The maximum Gasteiger partial charge on any atom is 0.221 e. The zero-order valence-corrected chi connectivity index (χ0v) is 43.2. The summed E-state index contributed by atoms with van der Waals surface area (Å²) in [6, 6.07) is 0.648. The van der Waals surface area contributed by atoms with Crippen LogP contribution in [-0.4, -0.2) is 121 Å². The maximum atomic E-state index is 9.53. The van der Waals surface area contributed by atoms with E-state index in [1.165, 1.54) is 0 Å². The summed E-state index contributed by atoms with van der Waals surface area (Å²) in [4.78, 5) is 16.3. The molecule has 0 amide bonds. The van der Waals surface area contributed by atoms with Crippen LogP contribution in [0.2, 0.25) is 0 Å². The number of nitrogens with two attached hydrogens (primary N) is 2. The van der Waals surface area contributed by atoms with E-state index in [4.69, 9.17) is 26.9 Å². The van der Waals surface area contributed by atoms with Crippen LogP contribution in [0, 0.1) is 22.7 Å². The van der Waals surface area contributed by atoms with E-state index in [9.17, 15) is 5.41 Å². The van der Waals surface area contributed by atoms with Gasteiger partial charge in [-0.3, -0.25) is 10.8 Å². The zero-order valence-electron chi connectivity index (χ0n) is 43.2. The molecule has 358 valence electrons. The van der Waals surface area contributed by atoms with Gasteiger partial charge < -0.3 is 47.4 Å². The number of piperidine rings is 4. The van der Waals surface area contributed by atoms with E-state index < -0.39 is 0 Å². The summed E-state index contributed by atoms with van der Waals surface area (Å²) in [7, 11) is 4.07. The summed E-state index contributed by atoms with van der Waals surface area (Å²) in [5, 5.41) is 34.0. The Labute approximate surface area is 380 Å². The SMILES string of the molecule is CN(C(=N)/N=C(\N)N(CCCCCCC(C(=N)/N=C(\N)N(C)C1CC(C)(C)NC(C)(C)C1)C1CC(C)(C)NC(C)(C)C1)C1CC(C)(C)NC(C)(C)C1)C1CC(C)(C)NC(C)(C)C1. The number of hydrogen-bond donors (Lipinski definition) is 8. The molecule has 1 unspecified atom stereocenters. The monoisotopic (exact) mass is 868 g/mol. The molecule has 0 aliphatic carbocycles. The molecule has 0 radical (unpaired) electrons. The third-order valence-corrected chi connectivity index (χ3v) is 14.3. The first-order valence-corrected chi connectivity index (χ1v) is 24.3. The van der Waals surface area contributed by atoms with E-state index >= 15 is 0 Å². The van der Waals surface area contributed by atoms with Crippen molar-refractivity contribution in [3.8, 4) is 0 Å². The Kier molecular flexibility index (Phi) is 15.8. The van der Waals surface area contributed by atoms with Gasteiger partial charge in [-0.1, -0.05) is 19.3 Å². The van der Waals surface area contributed by atoms with E-state index in [1.807, 2.05) is 11.9 Å². The largest absolute Gasteiger partial charge is 0.369 e. The number of nitrogens with zero attached hydrogens (tertiary/aromatic N) is 5. The molecule has 0 bridgehead atoms. The average Bonchev–Trinajstić information content (AvgIpc) is 3.02. The molecule has 10 N–H and O–H groups in total. The molecular formula is C49H97N13. The third-order valence-electron chi connectivity index (χ3n) is 14.3. The lowest BCUT2D eigenvalue weighted by Gasteiger charge is -2.50. The third kappa shape index (κ3) is 15.0. The van der Waals surface area contributed by atoms with Gasteiger partial charge in [0.15, 0.2) is 11.9 Å². The average molecular weight is 868 g/mol. The van der Waals surface area contributed by atoms with Gasteiger partial charge in [-0.2, -0.15) is 4.99 Å². The van der Waals surface area contributed by atoms with Gasteiger partial charge in [0.05, 0.1) is 0 Å². The fourth-order valence-electron chi connectivity index (χ4n) is 13.2. The number of hydrogen-bond acceptors (Lipinski definition) is 6. The molecule has 13 heteroatoms. The molecule has 4 fully saturated rings. The standard InChI is InChI=1S/C49H97N13/c1-42(2)25-33(26-43(3,4)56-42)37(38(50)54-39(51)60(17)34-27-44(5,6)57-45(7,8)28-34)23-21-19-20-22-24-62(36-31-48(13,14)59-49(15,16)32-36)41(53)55-40(52)61(18)35-29-46(9,10)58-47(11,12)30-35/h33-37,56-59H,19-32H2,1-18H3,(H3,50,51,54)(H3,52,53,55). The van der Waals surface area contributed by atoms with Crippen LogP contribution in [0.25, 0.3) is 0 Å². The highest BCUT2D eigenvalue weighted by molar-refractivity contribution is 5.95. The number of aliphatic imine (C=N–C) groups is 2. The van der Waals surface area contributed by atoms with Crippen LogP contribution in [-0.2, 0) is 0 Å². The number of amidine groups is 1. The summed E-state index contributed by atoms with van der Waals surface area (Å²) in [6.45, 7) is 37.2. The molecule has 13 nitrogen and oxygen atoms in total. The Balaban J connectivity index is 1.48. The minimum Gasteiger partial charge on any atom is -0.369 e. The van der Waals surface area contributed by atoms with Crippen LogP contribution < -0.4 is 32.7 Å². The van der Waals surface area contributed by atoms with Crippen LogP contribution in [0.15, 0.2) is 9.98 Å². The normalized spacial score (nSPS) is 26.7. The fourth-order valence-corrected chi connectivity index (χ4v) is 13.2. The van der Waals surface area contributed by atoms with Crippen molar-refractivity contribution in [2.45, 2.75) is 257 Å². The molecule has 4 heterocycles. The van der Waals surface area contributed by atoms with Gasteiger partial charge in [-0.25, -0.2) is 4.99 Å². The summed E-state index contributed by atoms with van der Waals surface area (Å²) < 4.78 is 0. The van der Waals surface area contributed by atoms with E-state index in [2.05, 4.69) is 149 Å². The van der Waals surface area contributed by atoms with E-state index in [-0.39, 0.29) is 74.3 Å². The van der Waals surface area contributed by atoms with Crippen molar-refractivity contribution in [2.75, 3.05) is 20.6 Å². The lowest BCUT2D eigenvalue weighted by atomic mass is 9.69. The van der Waals surface area contributed by atoms with Crippen LogP contribution in [0.5, 0.6) is 0 Å². The lowest BCUT2D eigenvalue weighted by molar-refractivity contribution is 0.101. The molecule has 1 atom stereocenters. The first-order valence-electron chi connectivity index (χ1n) is 24.3. The molecular weight excluding hydrogens is 771 g/mol. The molecule has 0 aromatic carbocycles. The highest BCUT2D eigenvalue weighted by Crippen LogP contribution is 2.40. The Hall–Kier alpha value is -2.48. The van der Waals surface area contributed by atoms with Gasteiger partial charge in [-0.15, -0.1) is 0 Å². The lowest BCUT2D eigenvalue weighted by Crippen LogP contribution is -2.63. The van der Waals surface area contributed by atoms with Crippen LogP contribution in [0.1, 0.15) is 194 Å². The second-order valence-electron chi connectivity index (χ2n) is 25.8.